The van der Waals surface area contributed by atoms with E-state index in [0.717, 1.165) is 29.0 Å². The maximum atomic E-state index is 12.8. The van der Waals surface area contributed by atoms with Crippen LogP contribution in [0, 0.1) is 0 Å². The van der Waals surface area contributed by atoms with Crippen molar-refractivity contribution in [3.63, 3.8) is 0 Å². The fourth-order valence-electron chi connectivity index (χ4n) is 3.37. The number of rotatable bonds is 4. The van der Waals surface area contributed by atoms with E-state index < -0.39 is 0 Å². The zero-order chi connectivity index (χ0) is 18.7. The van der Waals surface area contributed by atoms with Gasteiger partial charge in [0.25, 0.3) is 0 Å². The normalized spacial score (nSPS) is 13.3. The molecule has 5 nitrogen and oxygen atoms in total. The Morgan fingerprint density at radius 1 is 1.08 bits per heavy atom. The van der Waals surface area contributed by atoms with Gasteiger partial charge in [-0.1, -0.05) is 32.0 Å². The zero-order valence-electron chi connectivity index (χ0n) is 15.8. The molecule has 0 spiro atoms. The minimum Gasteiger partial charge on any atom is -0.493 e. The highest BCUT2D eigenvalue weighted by Gasteiger charge is 2.23. The summed E-state index contributed by atoms with van der Waals surface area (Å²) in [6.07, 6.45) is 0.801. The second kappa shape index (κ2) is 7.68. The molecule has 0 fully saturated rings. The van der Waals surface area contributed by atoms with Crippen LogP contribution in [0.4, 0.5) is 10.5 Å². The van der Waals surface area contributed by atoms with Crippen LogP contribution in [-0.4, -0.2) is 31.7 Å². The number of hydrogen-bond donors (Lipinski definition) is 1. The van der Waals surface area contributed by atoms with Gasteiger partial charge in [0, 0.05) is 18.8 Å². The van der Waals surface area contributed by atoms with Crippen molar-refractivity contribution in [2.75, 3.05) is 26.1 Å². The smallest absolute Gasteiger partial charge is 0.322 e. The number of hydrogen-bond acceptors (Lipinski definition) is 3. The van der Waals surface area contributed by atoms with Gasteiger partial charge in [0.05, 0.1) is 14.2 Å². The van der Waals surface area contributed by atoms with Gasteiger partial charge < -0.3 is 19.7 Å². The zero-order valence-corrected chi connectivity index (χ0v) is 15.8. The number of fused-ring (bicyclic) bond motifs is 1. The highest BCUT2D eigenvalue weighted by Crippen LogP contribution is 2.33. The molecule has 26 heavy (non-hydrogen) atoms. The molecule has 0 bridgehead atoms. The van der Waals surface area contributed by atoms with Gasteiger partial charge in [-0.15, -0.1) is 0 Å². The summed E-state index contributed by atoms with van der Waals surface area (Å²) in [4.78, 5) is 14.6. The molecule has 1 aliphatic rings. The standard InChI is InChI=1S/C21H26N2O3/c1-14(2)17-7-5-6-8-18(17)22-21(24)23-10-9-15-11-19(25-3)20(26-4)12-16(15)13-23/h5-8,11-12,14H,9-10,13H2,1-4H3,(H,22,24). The first-order valence-corrected chi connectivity index (χ1v) is 8.92. The lowest BCUT2D eigenvalue weighted by atomic mass is 9.99. The summed E-state index contributed by atoms with van der Waals surface area (Å²) in [6, 6.07) is 11.9. The molecular formula is C21H26N2O3. The Labute approximate surface area is 154 Å². The van der Waals surface area contributed by atoms with Gasteiger partial charge >= 0.3 is 6.03 Å². The van der Waals surface area contributed by atoms with Crippen molar-refractivity contribution in [3.8, 4) is 11.5 Å². The number of anilines is 1. The number of para-hydroxylation sites is 1. The van der Waals surface area contributed by atoms with Crippen molar-refractivity contribution in [3.05, 3.63) is 53.1 Å². The lowest BCUT2D eigenvalue weighted by Gasteiger charge is -2.30. The van der Waals surface area contributed by atoms with Crippen molar-refractivity contribution in [1.29, 1.82) is 0 Å². The monoisotopic (exact) mass is 354 g/mol. The Balaban J connectivity index is 1.77. The van der Waals surface area contributed by atoms with Crippen molar-refractivity contribution >= 4 is 11.7 Å². The minimum absolute atomic E-state index is 0.0708. The first-order valence-electron chi connectivity index (χ1n) is 8.92. The maximum Gasteiger partial charge on any atom is 0.322 e. The number of nitrogens with one attached hydrogen (secondary N) is 1. The largest absolute Gasteiger partial charge is 0.493 e. The van der Waals surface area contributed by atoms with E-state index in [1.54, 1.807) is 14.2 Å². The second-order valence-electron chi connectivity index (χ2n) is 6.82. The Bertz CT molecular complexity index is 802. The Morgan fingerprint density at radius 3 is 2.38 bits per heavy atom. The number of urea groups is 1. The van der Waals surface area contributed by atoms with E-state index in [0.29, 0.717) is 24.8 Å². The van der Waals surface area contributed by atoms with Crippen LogP contribution in [0.2, 0.25) is 0 Å². The fraction of sp³-hybridized carbons (Fsp3) is 0.381. The average Bonchev–Trinajstić information content (AvgIpc) is 2.66. The topological polar surface area (TPSA) is 50.8 Å². The van der Waals surface area contributed by atoms with Gasteiger partial charge in [0.2, 0.25) is 0 Å². The van der Waals surface area contributed by atoms with Crippen LogP contribution >= 0.6 is 0 Å². The molecule has 1 N–H and O–H groups in total. The number of carbonyl (C=O) groups excluding carboxylic acids is 1. The van der Waals surface area contributed by atoms with Crippen molar-refractivity contribution in [1.82, 2.24) is 4.90 Å². The highest BCUT2D eigenvalue weighted by atomic mass is 16.5. The lowest BCUT2D eigenvalue weighted by Crippen LogP contribution is -2.39. The molecule has 3 rings (SSSR count). The van der Waals surface area contributed by atoms with Crippen molar-refractivity contribution in [2.45, 2.75) is 32.7 Å². The molecular weight excluding hydrogens is 328 g/mol. The average molecular weight is 354 g/mol. The second-order valence-corrected chi connectivity index (χ2v) is 6.82. The van der Waals surface area contributed by atoms with Gasteiger partial charge in [-0.2, -0.15) is 0 Å². The van der Waals surface area contributed by atoms with Crippen molar-refractivity contribution < 1.29 is 14.3 Å². The lowest BCUT2D eigenvalue weighted by molar-refractivity contribution is 0.206. The number of carbonyl (C=O) groups is 1. The molecule has 0 saturated carbocycles. The number of amides is 2. The van der Waals surface area contributed by atoms with E-state index in [9.17, 15) is 4.79 Å². The van der Waals surface area contributed by atoms with Gasteiger partial charge in [-0.05, 0) is 47.2 Å². The first kappa shape index (κ1) is 18.1. The molecule has 0 aliphatic carbocycles. The molecule has 0 atom stereocenters. The maximum absolute atomic E-state index is 12.8. The van der Waals surface area contributed by atoms with E-state index in [2.05, 4.69) is 25.2 Å². The van der Waals surface area contributed by atoms with Crippen LogP contribution in [0.25, 0.3) is 0 Å². The summed E-state index contributed by atoms with van der Waals surface area (Å²) in [6.45, 7) is 5.49. The Kier molecular flexibility index (Phi) is 5.35. The number of nitrogens with zero attached hydrogens (tertiary/aromatic N) is 1. The Hall–Kier alpha value is -2.69. The van der Waals surface area contributed by atoms with Crippen molar-refractivity contribution in [2.24, 2.45) is 0 Å². The third-order valence-corrected chi connectivity index (χ3v) is 4.83. The van der Waals surface area contributed by atoms with Crippen LogP contribution in [0.3, 0.4) is 0 Å². The van der Waals surface area contributed by atoms with Crippen LogP contribution in [0.5, 0.6) is 11.5 Å². The number of ether oxygens (including phenoxy) is 2. The summed E-state index contributed by atoms with van der Waals surface area (Å²) >= 11 is 0. The van der Waals surface area contributed by atoms with E-state index in [1.807, 2.05) is 35.2 Å². The molecule has 0 radical (unpaired) electrons. The van der Waals surface area contributed by atoms with Gasteiger partial charge in [0.15, 0.2) is 11.5 Å². The molecule has 1 heterocycles. The molecule has 1 aliphatic heterocycles. The third kappa shape index (κ3) is 3.62. The van der Waals surface area contributed by atoms with Crippen LogP contribution < -0.4 is 14.8 Å². The molecule has 0 aromatic heterocycles. The Morgan fingerprint density at radius 2 is 1.73 bits per heavy atom. The summed E-state index contributed by atoms with van der Waals surface area (Å²) in [7, 11) is 3.26. The minimum atomic E-state index is -0.0708. The number of benzene rings is 2. The molecule has 0 saturated heterocycles. The van der Waals surface area contributed by atoms with E-state index in [4.69, 9.17) is 9.47 Å². The molecule has 138 valence electrons. The molecule has 0 unspecified atom stereocenters. The molecule has 2 aromatic carbocycles. The fourth-order valence-corrected chi connectivity index (χ4v) is 3.37. The third-order valence-electron chi connectivity index (χ3n) is 4.83. The predicted molar refractivity (Wildman–Crippen MR) is 103 cm³/mol. The van der Waals surface area contributed by atoms with Crippen LogP contribution in [0.15, 0.2) is 36.4 Å². The van der Waals surface area contributed by atoms with Crippen LogP contribution in [0.1, 0.15) is 36.5 Å². The SMILES string of the molecule is COc1cc2c(cc1OC)CN(C(=O)Nc1ccccc1C(C)C)CC2. The molecule has 5 heteroatoms. The van der Waals surface area contributed by atoms with Gasteiger partial charge in [-0.3, -0.25) is 0 Å². The van der Waals surface area contributed by atoms with Gasteiger partial charge in [0.1, 0.15) is 0 Å². The molecule has 2 amide bonds. The quantitative estimate of drug-likeness (QED) is 0.884. The van der Waals surface area contributed by atoms with E-state index in [1.165, 1.54) is 5.56 Å². The number of methoxy groups -OCH3 is 2. The van der Waals surface area contributed by atoms with E-state index >= 15 is 0 Å². The summed E-state index contributed by atoms with van der Waals surface area (Å²) in [5.41, 5.74) is 4.32. The van der Waals surface area contributed by atoms with Crippen LogP contribution in [-0.2, 0) is 13.0 Å². The highest BCUT2D eigenvalue weighted by molar-refractivity contribution is 5.90. The van der Waals surface area contributed by atoms with Gasteiger partial charge in [-0.25, -0.2) is 4.79 Å². The summed E-state index contributed by atoms with van der Waals surface area (Å²) in [5.74, 6) is 1.78. The predicted octanol–water partition coefficient (Wildman–Crippen LogP) is 4.42. The summed E-state index contributed by atoms with van der Waals surface area (Å²) in [5, 5.41) is 3.07. The molecule has 2 aromatic rings. The first-order chi connectivity index (χ1) is 12.5. The summed E-state index contributed by atoms with van der Waals surface area (Å²) < 4.78 is 10.8. The van der Waals surface area contributed by atoms with E-state index in [-0.39, 0.29) is 6.03 Å².